The maximum atomic E-state index is 13.2. The molecule has 0 aliphatic carbocycles. The van der Waals surface area contributed by atoms with Crippen molar-refractivity contribution in [1.82, 2.24) is 20.4 Å². The zero-order valence-electron chi connectivity index (χ0n) is 22.7. The number of ether oxygens (including phenoxy) is 1. The van der Waals surface area contributed by atoms with Crippen molar-refractivity contribution < 1.29 is 14.1 Å². The lowest BCUT2D eigenvalue weighted by Gasteiger charge is -2.32. The minimum Gasteiger partial charge on any atom is -0.497 e. The summed E-state index contributed by atoms with van der Waals surface area (Å²) in [5, 5.41) is 7.39. The average molecular weight is 518 g/mol. The molecular formula is C30H39N5O3. The molecule has 2 atom stereocenters. The van der Waals surface area contributed by atoms with Gasteiger partial charge in [0.05, 0.1) is 25.6 Å². The van der Waals surface area contributed by atoms with Crippen LogP contribution in [0.2, 0.25) is 0 Å². The lowest BCUT2D eigenvalue weighted by Crippen LogP contribution is -2.43. The summed E-state index contributed by atoms with van der Waals surface area (Å²) in [6, 6.07) is 16.3. The van der Waals surface area contributed by atoms with E-state index in [4.69, 9.17) is 9.26 Å². The summed E-state index contributed by atoms with van der Waals surface area (Å²) in [6.45, 7) is 8.78. The van der Waals surface area contributed by atoms with Gasteiger partial charge in [0.15, 0.2) is 0 Å². The third kappa shape index (κ3) is 6.35. The third-order valence-electron chi connectivity index (χ3n) is 7.95. The van der Waals surface area contributed by atoms with Crippen molar-refractivity contribution in [3.63, 3.8) is 0 Å². The first-order chi connectivity index (χ1) is 18.5. The molecule has 2 aliphatic rings. The molecule has 38 heavy (non-hydrogen) atoms. The van der Waals surface area contributed by atoms with Gasteiger partial charge in [-0.1, -0.05) is 24.2 Å². The number of benzene rings is 2. The molecule has 3 heterocycles. The topological polar surface area (TPSA) is 83.7 Å². The molecule has 2 fully saturated rings. The van der Waals surface area contributed by atoms with Crippen LogP contribution in [-0.4, -0.2) is 54.2 Å². The summed E-state index contributed by atoms with van der Waals surface area (Å²) in [4.78, 5) is 22.4. The molecule has 3 aromatic rings. The van der Waals surface area contributed by atoms with Crippen LogP contribution < -0.4 is 15.0 Å². The van der Waals surface area contributed by atoms with E-state index in [1.165, 1.54) is 18.5 Å². The number of piperidine rings is 2. The number of aromatic nitrogens is 2. The summed E-state index contributed by atoms with van der Waals surface area (Å²) in [6.07, 6.45) is 4.36. The Balaban J connectivity index is 1.13. The van der Waals surface area contributed by atoms with E-state index in [2.05, 4.69) is 63.4 Å². The number of likely N-dealkylation sites (tertiary alicyclic amines) is 1. The fourth-order valence-electron chi connectivity index (χ4n) is 5.44. The van der Waals surface area contributed by atoms with E-state index in [9.17, 15) is 4.79 Å². The first-order valence-electron chi connectivity index (χ1n) is 13.8. The SMILES string of the molecule is COc1ccc(-c2noc(CN3CCCC(C(=O)NC(C)c4ccc(N5CCC(C)CC5)cc4)C3)n2)cc1. The molecule has 2 aliphatic heterocycles. The van der Waals surface area contributed by atoms with Crippen LogP contribution in [0.15, 0.2) is 53.1 Å². The van der Waals surface area contributed by atoms with Crippen molar-refractivity contribution in [3.8, 4) is 17.1 Å². The summed E-state index contributed by atoms with van der Waals surface area (Å²) >= 11 is 0. The lowest BCUT2D eigenvalue weighted by molar-refractivity contribution is -0.127. The number of nitrogens with zero attached hydrogens (tertiary/aromatic N) is 4. The number of hydrogen-bond donors (Lipinski definition) is 1. The highest BCUT2D eigenvalue weighted by molar-refractivity contribution is 5.79. The summed E-state index contributed by atoms with van der Waals surface area (Å²) in [5.74, 6) is 2.79. The van der Waals surface area contributed by atoms with Crippen LogP contribution >= 0.6 is 0 Å². The monoisotopic (exact) mass is 517 g/mol. The minimum atomic E-state index is -0.0511. The summed E-state index contributed by atoms with van der Waals surface area (Å²) < 4.78 is 10.7. The molecular weight excluding hydrogens is 478 g/mol. The van der Waals surface area contributed by atoms with E-state index in [-0.39, 0.29) is 17.9 Å². The van der Waals surface area contributed by atoms with Gasteiger partial charge in [0.2, 0.25) is 17.6 Å². The number of rotatable bonds is 8. The third-order valence-corrected chi connectivity index (χ3v) is 7.95. The highest BCUT2D eigenvalue weighted by atomic mass is 16.5. The standard InChI is InChI=1S/C30H39N5O3/c1-21-14-17-35(18-15-21)26-10-6-23(7-11-26)22(2)31-30(36)25-5-4-16-34(19-25)20-28-32-29(33-38-28)24-8-12-27(37-3)13-9-24/h6-13,21-22,25H,4-5,14-20H2,1-3H3,(H,31,36). The molecule has 2 aromatic carbocycles. The fourth-order valence-corrected chi connectivity index (χ4v) is 5.44. The number of nitrogens with one attached hydrogen (secondary N) is 1. The van der Waals surface area contributed by atoms with Gasteiger partial charge in [-0.3, -0.25) is 9.69 Å². The summed E-state index contributed by atoms with van der Waals surface area (Å²) in [5.41, 5.74) is 3.29. The van der Waals surface area contributed by atoms with Crippen molar-refractivity contribution in [1.29, 1.82) is 0 Å². The van der Waals surface area contributed by atoms with E-state index in [0.29, 0.717) is 24.8 Å². The zero-order chi connectivity index (χ0) is 26.5. The second kappa shape index (κ2) is 12.0. The molecule has 5 rings (SSSR count). The van der Waals surface area contributed by atoms with Crippen LogP contribution in [0, 0.1) is 11.8 Å². The first-order valence-corrected chi connectivity index (χ1v) is 13.8. The Morgan fingerprint density at radius 2 is 1.82 bits per heavy atom. The van der Waals surface area contributed by atoms with Gasteiger partial charge in [0, 0.05) is 30.9 Å². The fraction of sp³-hybridized carbons (Fsp3) is 0.500. The van der Waals surface area contributed by atoms with Gasteiger partial charge in [0.25, 0.3) is 0 Å². The quantitative estimate of drug-likeness (QED) is 0.447. The molecule has 0 bridgehead atoms. The van der Waals surface area contributed by atoms with E-state index in [0.717, 1.165) is 55.3 Å². The number of anilines is 1. The first kappa shape index (κ1) is 26.2. The van der Waals surface area contributed by atoms with Gasteiger partial charge in [-0.05, 0) is 87.0 Å². The lowest BCUT2D eigenvalue weighted by atomic mass is 9.96. The Kier molecular flexibility index (Phi) is 8.27. The number of carbonyl (C=O) groups is 1. The van der Waals surface area contributed by atoms with Crippen LogP contribution in [0.25, 0.3) is 11.4 Å². The molecule has 1 amide bonds. The second-order valence-electron chi connectivity index (χ2n) is 10.8. The van der Waals surface area contributed by atoms with E-state index >= 15 is 0 Å². The smallest absolute Gasteiger partial charge is 0.241 e. The Labute approximate surface area is 225 Å². The molecule has 202 valence electrons. The molecule has 2 unspecified atom stereocenters. The van der Waals surface area contributed by atoms with Crippen molar-refractivity contribution in [3.05, 3.63) is 60.0 Å². The van der Waals surface area contributed by atoms with Crippen molar-refractivity contribution in [2.75, 3.05) is 38.2 Å². The highest BCUT2D eigenvalue weighted by Gasteiger charge is 2.28. The molecule has 1 N–H and O–H groups in total. The van der Waals surface area contributed by atoms with Crippen LogP contribution in [0.3, 0.4) is 0 Å². The van der Waals surface area contributed by atoms with Crippen molar-refractivity contribution in [2.24, 2.45) is 11.8 Å². The van der Waals surface area contributed by atoms with Crippen LogP contribution in [0.5, 0.6) is 5.75 Å². The maximum absolute atomic E-state index is 13.2. The van der Waals surface area contributed by atoms with E-state index in [1.807, 2.05) is 24.3 Å². The Bertz CT molecular complexity index is 1190. The van der Waals surface area contributed by atoms with E-state index in [1.54, 1.807) is 7.11 Å². The molecule has 1 aromatic heterocycles. The number of carbonyl (C=O) groups excluding carboxylic acids is 1. The Morgan fingerprint density at radius 3 is 2.53 bits per heavy atom. The molecule has 8 heteroatoms. The van der Waals surface area contributed by atoms with Crippen molar-refractivity contribution >= 4 is 11.6 Å². The Morgan fingerprint density at radius 1 is 1.08 bits per heavy atom. The van der Waals surface area contributed by atoms with Gasteiger partial charge < -0.3 is 19.5 Å². The maximum Gasteiger partial charge on any atom is 0.241 e. The van der Waals surface area contributed by atoms with Crippen LogP contribution in [-0.2, 0) is 11.3 Å². The van der Waals surface area contributed by atoms with Gasteiger partial charge in [0.1, 0.15) is 5.75 Å². The van der Waals surface area contributed by atoms with Gasteiger partial charge >= 0.3 is 0 Å². The van der Waals surface area contributed by atoms with Crippen LogP contribution in [0.1, 0.15) is 57.0 Å². The zero-order valence-corrected chi connectivity index (χ0v) is 22.7. The molecule has 8 nitrogen and oxygen atoms in total. The number of methoxy groups -OCH3 is 1. The largest absolute Gasteiger partial charge is 0.497 e. The van der Waals surface area contributed by atoms with Crippen LogP contribution in [0.4, 0.5) is 5.69 Å². The Hall–Kier alpha value is -3.39. The van der Waals surface area contributed by atoms with Crippen molar-refractivity contribution in [2.45, 2.75) is 52.1 Å². The minimum absolute atomic E-state index is 0.0312. The molecule has 2 saturated heterocycles. The van der Waals surface area contributed by atoms with E-state index < -0.39 is 0 Å². The van der Waals surface area contributed by atoms with Gasteiger partial charge in [-0.2, -0.15) is 4.98 Å². The highest BCUT2D eigenvalue weighted by Crippen LogP contribution is 2.26. The van der Waals surface area contributed by atoms with Gasteiger partial charge in [-0.25, -0.2) is 0 Å². The second-order valence-corrected chi connectivity index (χ2v) is 10.8. The molecule has 0 spiro atoms. The van der Waals surface area contributed by atoms with Gasteiger partial charge in [-0.15, -0.1) is 0 Å². The predicted molar refractivity (Wildman–Crippen MR) is 148 cm³/mol. The number of amides is 1. The average Bonchev–Trinajstić information content (AvgIpc) is 3.42. The normalized spacial score (nSPS) is 19.8. The number of hydrogen-bond acceptors (Lipinski definition) is 7. The molecule has 0 radical (unpaired) electrons. The predicted octanol–water partition coefficient (Wildman–Crippen LogP) is 5.07. The summed E-state index contributed by atoms with van der Waals surface area (Å²) in [7, 11) is 1.64. The molecule has 0 saturated carbocycles.